The monoisotopic (exact) mass is 640 g/mol. The van der Waals surface area contributed by atoms with E-state index >= 15 is 0 Å². The number of carbonyl (C=O) groups excluding carboxylic acids is 1. The quantitative estimate of drug-likeness (QED) is 0.206. The van der Waals surface area contributed by atoms with Gasteiger partial charge >= 0.3 is 5.97 Å². The van der Waals surface area contributed by atoms with Crippen LogP contribution in [0.15, 0.2) is 72.8 Å². The first-order valence-electron chi connectivity index (χ1n) is 16.3. The van der Waals surface area contributed by atoms with E-state index in [1.165, 1.54) is 28.3 Å². The molecule has 0 saturated heterocycles. The summed E-state index contributed by atoms with van der Waals surface area (Å²) < 4.78 is 33.7. The van der Waals surface area contributed by atoms with Gasteiger partial charge in [-0.25, -0.2) is 13.6 Å². The van der Waals surface area contributed by atoms with Gasteiger partial charge in [0, 0.05) is 29.5 Å². The average Bonchev–Trinajstić information content (AvgIpc) is 3.59. The zero-order chi connectivity index (χ0) is 34.0. The highest BCUT2D eigenvalue weighted by Gasteiger charge is 2.36. The van der Waals surface area contributed by atoms with Crippen LogP contribution in [0, 0.1) is 25.5 Å². The molecule has 47 heavy (non-hydrogen) atoms. The van der Waals surface area contributed by atoms with Gasteiger partial charge in [-0.3, -0.25) is 0 Å². The number of aliphatic hydroxyl groups excluding tert-OH is 1. The lowest BCUT2D eigenvalue weighted by Crippen LogP contribution is -2.18. The predicted octanol–water partition coefficient (Wildman–Crippen LogP) is 8.21. The first kappa shape index (κ1) is 34.4. The maximum absolute atomic E-state index is 14.5. The lowest BCUT2D eigenvalue weighted by Gasteiger charge is -2.21. The van der Waals surface area contributed by atoms with Crippen molar-refractivity contribution in [3.05, 3.63) is 140 Å². The normalized spacial score (nSPS) is 19.7. The Hall–Kier alpha value is -3.91. The fourth-order valence-corrected chi connectivity index (χ4v) is 7.40. The molecule has 1 N–H and O–H groups in total. The molecule has 0 amide bonds. The first-order chi connectivity index (χ1) is 22.5. The Bertz CT molecular complexity index is 1750. The summed E-state index contributed by atoms with van der Waals surface area (Å²) >= 11 is 0. The molecule has 0 spiro atoms. The number of aliphatic hydroxyl groups is 1. The third-order valence-corrected chi connectivity index (χ3v) is 9.85. The molecule has 5 nitrogen and oxygen atoms in total. The van der Waals surface area contributed by atoms with E-state index in [2.05, 4.69) is 54.0 Å². The number of hydrogen-bond acceptors (Lipinski definition) is 5. The van der Waals surface area contributed by atoms with Crippen molar-refractivity contribution in [3.8, 4) is 0 Å². The zero-order valence-corrected chi connectivity index (χ0v) is 28.5. The van der Waals surface area contributed by atoms with E-state index in [0.717, 1.165) is 35.1 Å². The maximum atomic E-state index is 14.5. The van der Waals surface area contributed by atoms with Crippen LogP contribution >= 0.6 is 0 Å². The number of rotatable bonds is 7. The van der Waals surface area contributed by atoms with Crippen molar-refractivity contribution < 1.29 is 23.4 Å². The van der Waals surface area contributed by atoms with Gasteiger partial charge in [-0.05, 0) is 131 Å². The molecule has 2 aliphatic rings. The SMILES string of the molecule is CCOC(=O)c1cc2c(cc1F)[C@@H](N(C)C)C[C@@H]2c1ccccc1C.Cc1ccccc1[C@H]1C[C@H](N(C)C)c2cc(F)c(CO)cc21. The number of benzene rings is 4. The number of fused-ring (bicyclic) bond motifs is 2. The van der Waals surface area contributed by atoms with Gasteiger partial charge in [-0.15, -0.1) is 0 Å². The minimum atomic E-state index is -0.598. The second-order valence-electron chi connectivity index (χ2n) is 13.2. The van der Waals surface area contributed by atoms with E-state index in [-0.39, 0.29) is 48.5 Å². The molecule has 2 aliphatic carbocycles. The minimum Gasteiger partial charge on any atom is -0.462 e. The number of carbonyl (C=O) groups is 1. The van der Waals surface area contributed by atoms with Crippen LogP contribution in [-0.2, 0) is 11.3 Å². The molecular weight excluding hydrogens is 594 g/mol. The highest BCUT2D eigenvalue weighted by atomic mass is 19.1. The second-order valence-corrected chi connectivity index (χ2v) is 13.2. The molecule has 248 valence electrons. The van der Waals surface area contributed by atoms with Gasteiger partial charge in [0.1, 0.15) is 11.6 Å². The Morgan fingerprint density at radius 2 is 1.19 bits per heavy atom. The highest BCUT2D eigenvalue weighted by Crippen LogP contribution is 2.49. The highest BCUT2D eigenvalue weighted by molar-refractivity contribution is 5.90. The number of esters is 1. The van der Waals surface area contributed by atoms with E-state index in [0.29, 0.717) is 5.56 Å². The molecule has 6 rings (SSSR count). The van der Waals surface area contributed by atoms with E-state index in [1.807, 2.05) is 52.5 Å². The van der Waals surface area contributed by atoms with E-state index in [1.54, 1.807) is 19.1 Å². The molecule has 0 bridgehead atoms. The summed E-state index contributed by atoms with van der Waals surface area (Å²) in [6.07, 6.45) is 1.82. The summed E-state index contributed by atoms with van der Waals surface area (Å²) in [7, 11) is 8.08. The Morgan fingerprint density at radius 3 is 1.64 bits per heavy atom. The summed E-state index contributed by atoms with van der Waals surface area (Å²) in [5, 5.41) is 9.39. The van der Waals surface area contributed by atoms with Gasteiger partial charge in [-0.2, -0.15) is 0 Å². The lowest BCUT2D eigenvalue weighted by atomic mass is 9.89. The van der Waals surface area contributed by atoms with E-state index in [9.17, 15) is 18.7 Å². The molecule has 0 radical (unpaired) electrons. The van der Waals surface area contributed by atoms with Crippen molar-refractivity contribution >= 4 is 5.97 Å². The molecule has 0 unspecified atom stereocenters. The van der Waals surface area contributed by atoms with Crippen molar-refractivity contribution in [3.63, 3.8) is 0 Å². The molecule has 4 aromatic carbocycles. The summed E-state index contributed by atoms with van der Waals surface area (Å²) in [5.41, 5.74) is 9.59. The van der Waals surface area contributed by atoms with Gasteiger partial charge in [0.05, 0.1) is 18.8 Å². The molecule has 7 heteroatoms. The van der Waals surface area contributed by atoms with Crippen molar-refractivity contribution in [2.75, 3.05) is 34.8 Å². The first-order valence-corrected chi connectivity index (χ1v) is 16.3. The minimum absolute atomic E-state index is 0.0265. The number of halogens is 2. The molecule has 4 atom stereocenters. The van der Waals surface area contributed by atoms with E-state index < -0.39 is 11.8 Å². The third-order valence-electron chi connectivity index (χ3n) is 9.85. The van der Waals surface area contributed by atoms with Crippen LogP contribution in [0.25, 0.3) is 0 Å². The van der Waals surface area contributed by atoms with Crippen molar-refractivity contribution in [1.82, 2.24) is 9.80 Å². The van der Waals surface area contributed by atoms with Gasteiger partial charge in [-0.1, -0.05) is 48.5 Å². The van der Waals surface area contributed by atoms with Crippen LogP contribution < -0.4 is 0 Å². The smallest absolute Gasteiger partial charge is 0.341 e. The van der Waals surface area contributed by atoms with Crippen molar-refractivity contribution in [2.45, 2.75) is 64.1 Å². The largest absolute Gasteiger partial charge is 0.462 e. The fourth-order valence-electron chi connectivity index (χ4n) is 7.40. The molecule has 0 aliphatic heterocycles. The number of hydrogen-bond donors (Lipinski definition) is 1. The average molecular weight is 641 g/mol. The Kier molecular flexibility index (Phi) is 10.6. The van der Waals surface area contributed by atoms with Crippen LogP contribution in [0.4, 0.5) is 8.78 Å². The second kappa shape index (κ2) is 14.5. The van der Waals surface area contributed by atoms with Gasteiger partial charge in [0.2, 0.25) is 0 Å². The fraction of sp³-hybridized carbons (Fsp3) is 0.375. The van der Waals surface area contributed by atoms with Gasteiger partial charge in [0.25, 0.3) is 0 Å². The van der Waals surface area contributed by atoms with Crippen LogP contribution in [0.5, 0.6) is 0 Å². The maximum Gasteiger partial charge on any atom is 0.341 e. The molecular formula is C40H46F2N2O3. The standard InChI is InChI=1S/C21H24FNO2.C19H22FNO/c1-5-25-21(24)18-10-15-16(14-9-7-6-8-13(14)2)12-20(23(3)4)17(15)11-19(18)22;1-12-6-4-5-7-14(12)16-10-19(21(2)3)17-9-18(20)13(11-22)8-15(16)17/h6-11,16,20H,5,12H2,1-4H3;4-9,16,19,22H,10-11H2,1-3H3/t16-,20+;16-,19+/m11/s1. The molecule has 0 fully saturated rings. The summed E-state index contributed by atoms with van der Waals surface area (Å²) in [4.78, 5) is 16.4. The van der Waals surface area contributed by atoms with Crippen LogP contribution in [0.3, 0.4) is 0 Å². The van der Waals surface area contributed by atoms with Crippen LogP contribution in [-0.4, -0.2) is 55.7 Å². The number of ether oxygens (including phenoxy) is 1. The Morgan fingerprint density at radius 1 is 0.723 bits per heavy atom. The lowest BCUT2D eigenvalue weighted by molar-refractivity contribution is 0.0521. The zero-order valence-electron chi connectivity index (χ0n) is 28.5. The number of aryl methyl sites for hydroxylation is 2. The topological polar surface area (TPSA) is 53.0 Å². The van der Waals surface area contributed by atoms with E-state index in [4.69, 9.17) is 4.74 Å². The summed E-state index contributed by atoms with van der Waals surface area (Å²) in [6.45, 7) is 5.91. The Balaban J connectivity index is 0.000000186. The molecule has 0 aromatic heterocycles. The molecule has 0 heterocycles. The molecule has 0 saturated carbocycles. The predicted molar refractivity (Wildman–Crippen MR) is 183 cm³/mol. The van der Waals surface area contributed by atoms with Gasteiger partial charge in [0.15, 0.2) is 0 Å². The Labute approximate surface area is 277 Å². The summed E-state index contributed by atoms with van der Waals surface area (Å²) in [6, 6.07) is 23.7. The van der Waals surface area contributed by atoms with Crippen LogP contribution in [0.2, 0.25) is 0 Å². The van der Waals surface area contributed by atoms with Crippen molar-refractivity contribution in [2.24, 2.45) is 0 Å². The van der Waals surface area contributed by atoms with Crippen molar-refractivity contribution in [1.29, 1.82) is 0 Å². The summed E-state index contributed by atoms with van der Waals surface area (Å²) in [5.74, 6) is -1.00. The number of nitrogens with zero attached hydrogens (tertiary/aromatic N) is 2. The molecule has 4 aromatic rings. The van der Waals surface area contributed by atoms with Gasteiger partial charge < -0.3 is 19.6 Å². The third kappa shape index (κ3) is 6.89. The van der Waals surface area contributed by atoms with Crippen LogP contribution in [0.1, 0.15) is 104 Å².